The molecule has 1 aromatic heterocycles. The number of anilines is 2. The molecule has 2 N–H and O–H groups in total. The van der Waals surface area contributed by atoms with Crippen molar-refractivity contribution in [3.63, 3.8) is 0 Å². The smallest absolute Gasteiger partial charge is 0.264 e. The highest BCUT2D eigenvalue weighted by atomic mass is 32.2. The van der Waals surface area contributed by atoms with Crippen molar-refractivity contribution in [2.75, 3.05) is 23.3 Å². The van der Waals surface area contributed by atoms with Crippen LogP contribution in [0, 0.1) is 0 Å². The molecule has 3 aromatic carbocycles. The average molecular weight is 475 g/mol. The van der Waals surface area contributed by atoms with Crippen LogP contribution in [-0.4, -0.2) is 38.2 Å². The van der Waals surface area contributed by atoms with Gasteiger partial charge in [-0.15, -0.1) is 0 Å². The van der Waals surface area contributed by atoms with Crippen LogP contribution in [-0.2, 0) is 16.4 Å². The van der Waals surface area contributed by atoms with Crippen molar-refractivity contribution in [2.24, 2.45) is 0 Å². The monoisotopic (exact) mass is 474 g/mol. The highest BCUT2D eigenvalue weighted by Gasteiger charge is 2.31. The highest BCUT2D eigenvalue weighted by molar-refractivity contribution is 7.92. The molecule has 0 radical (unpaired) electrons. The number of ether oxygens (including phenoxy) is 1. The van der Waals surface area contributed by atoms with E-state index in [1.807, 2.05) is 36.4 Å². The number of fused-ring (bicyclic) bond motifs is 1. The summed E-state index contributed by atoms with van der Waals surface area (Å²) in [5.74, 6) is -0.194. The van der Waals surface area contributed by atoms with Crippen molar-refractivity contribution in [1.82, 2.24) is 10.2 Å². The van der Waals surface area contributed by atoms with E-state index in [2.05, 4.69) is 15.5 Å². The molecule has 8 nitrogen and oxygen atoms in total. The molecular formula is C25H22N4O4S. The molecule has 2 heterocycles. The third-order valence-corrected chi connectivity index (χ3v) is 7.59. The van der Waals surface area contributed by atoms with E-state index >= 15 is 0 Å². The molecule has 1 amide bonds. The predicted octanol–water partition coefficient (Wildman–Crippen LogP) is 4.09. The number of amides is 1. The summed E-state index contributed by atoms with van der Waals surface area (Å²) in [4.78, 5) is 13.2. The van der Waals surface area contributed by atoms with Crippen LogP contribution < -0.4 is 14.4 Å². The number of carbonyl (C=O) groups is 1. The van der Waals surface area contributed by atoms with Crippen LogP contribution >= 0.6 is 0 Å². The average Bonchev–Trinajstić information content (AvgIpc) is 3.54. The number of methoxy groups -OCH3 is 1. The van der Waals surface area contributed by atoms with Gasteiger partial charge >= 0.3 is 0 Å². The van der Waals surface area contributed by atoms with Gasteiger partial charge in [0.15, 0.2) is 0 Å². The molecule has 34 heavy (non-hydrogen) atoms. The zero-order valence-electron chi connectivity index (χ0n) is 18.4. The number of hydrogen-bond acceptors (Lipinski definition) is 5. The number of aromatic nitrogens is 2. The fourth-order valence-electron chi connectivity index (χ4n) is 4.09. The first kappa shape index (κ1) is 21.7. The van der Waals surface area contributed by atoms with E-state index in [0.29, 0.717) is 24.3 Å². The number of H-pyrrole nitrogens is 1. The molecule has 1 aliphatic rings. The van der Waals surface area contributed by atoms with Gasteiger partial charge in [-0.3, -0.25) is 14.2 Å². The van der Waals surface area contributed by atoms with Gasteiger partial charge in [-0.1, -0.05) is 30.3 Å². The Hall–Kier alpha value is -4.11. The van der Waals surface area contributed by atoms with Gasteiger partial charge in [0.1, 0.15) is 5.75 Å². The van der Waals surface area contributed by atoms with Crippen molar-refractivity contribution in [1.29, 1.82) is 0 Å². The summed E-state index contributed by atoms with van der Waals surface area (Å²) in [6, 6.07) is 20.9. The van der Waals surface area contributed by atoms with Crippen LogP contribution in [0.2, 0.25) is 0 Å². The zero-order chi connectivity index (χ0) is 23.7. The summed E-state index contributed by atoms with van der Waals surface area (Å²) in [7, 11) is -2.42. The predicted molar refractivity (Wildman–Crippen MR) is 130 cm³/mol. The number of nitrogens with zero attached hydrogens (tertiary/aromatic N) is 2. The van der Waals surface area contributed by atoms with E-state index in [4.69, 9.17) is 4.74 Å². The number of hydrogen-bond donors (Lipinski definition) is 2. The number of aromatic amines is 1. The normalized spacial score (nSPS) is 12.9. The molecule has 1 aliphatic heterocycles. The summed E-state index contributed by atoms with van der Waals surface area (Å²) in [6.45, 7) is 0.357. The van der Waals surface area contributed by atoms with Gasteiger partial charge in [-0.25, -0.2) is 8.42 Å². The number of para-hydroxylation sites is 1. The molecule has 5 rings (SSSR count). The second-order valence-corrected chi connectivity index (χ2v) is 9.69. The molecule has 0 saturated carbocycles. The summed E-state index contributed by atoms with van der Waals surface area (Å²) in [6.07, 6.45) is 2.29. The minimum Gasteiger partial charge on any atom is -0.496 e. The lowest BCUT2D eigenvalue weighted by atomic mass is 10.1. The Bertz CT molecular complexity index is 1470. The van der Waals surface area contributed by atoms with E-state index < -0.39 is 15.9 Å². The van der Waals surface area contributed by atoms with Crippen molar-refractivity contribution < 1.29 is 17.9 Å². The van der Waals surface area contributed by atoms with E-state index in [1.165, 1.54) is 29.6 Å². The molecule has 0 fully saturated rings. The molecule has 0 bridgehead atoms. The fourth-order valence-corrected chi connectivity index (χ4v) is 5.62. The molecule has 4 aromatic rings. The SMILES string of the molecule is COc1ccc(S(=O)(=O)N2CCc3ccccc32)cc1C(=O)Nc1cccc(-c2ccn[nH]2)c1. The number of sulfonamides is 1. The first-order valence-electron chi connectivity index (χ1n) is 10.7. The van der Waals surface area contributed by atoms with E-state index in [0.717, 1.165) is 16.8 Å². The molecule has 0 aliphatic carbocycles. The lowest BCUT2D eigenvalue weighted by Crippen LogP contribution is -2.29. The number of carbonyl (C=O) groups excluding carboxylic acids is 1. The van der Waals surface area contributed by atoms with Crippen LogP contribution in [0.3, 0.4) is 0 Å². The van der Waals surface area contributed by atoms with Gasteiger partial charge in [0.25, 0.3) is 15.9 Å². The van der Waals surface area contributed by atoms with Gasteiger partial charge < -0.3 is 10.1 Å². The topological polar surface area (TPSA) is 104 Å². The second kappa shape index (κ2) is 8.68. The van der Waals surface area contributed by atoms with Crippen LogP contribution in [0.15, 0.2) is 83.9 Å². The summed E-state index contributed by atoms with van der Waals surface area (Å²) < 4.78 is 33.6. The molecule has 172 valence electrons. The quantitative estimate of drug-likeness (QED) is 0.438. The number of benzene rings is 3. The number of rotatable bonds is 6. The molecule has 0 saturated heterocycles. The first-order valence-corrected chi connectivity index (χ1v) is 12.1. The fraction of sp³-hybridized carbons (Fsp3) is 0.120. The minimum absolute atomic E-state index is 0.0290. The van der Waals surface area contributed by atoms with Gasteiger partial charge in [-0.05, 0) is 54.4 Å². The van der Waals surface area contributed by atoms with Crippen LogP contribution in [0.1, 0.15) is 15.9 Å². The van der Waals surface area contributed by atoms with Crippen molar-refractivity contribution in [3.05, 3.63) is 90.1 Å². The lowest BCUT2D eigenvalue weighted by molar-refractivity contribution is 0.102. The maximum absolute atomic E-state index is 13.4. The van der Waals surface area contributed by atoms with E-state index in [-0.39, 0.29) is 16.2 Å². The van der Waals surface area contributed by atoms with Crippen LogP contribution in [0.25, 0.3) is 11.3 Å². The summed E-state index contributed by atoms with van der Waals surface area (Å²) in [5, 5.41) is 9.67. The van der Waals surface area contributed by atoms with Crippen molar-refractivity contribution >= 4 is 27.3 Å². The Balaban J connectivity index is 1.46. The maximum Gasteiger partial charge on any atom is 0.264 e. The van der Waals surface area contributed by atoms with Gasteiger partial charge in [0.2, 0.25) is 0 Å². The third kappa shape index (κ3) is 3.90. The Kier molecular flexibility index (Phi) is 5.54. The molecule has 0 atom stereocenters. The minimum atomic E-state index is -3.86. The Morgan fingerprint density at radius 3 is 2.71 bits per heavy atom. The van der Waals surface area contributed by atoms with Crippen LogP contribution in [0.5, 0.6) is 5.75 Å². The molecule has 9 heteroatoms. The van der Waals surface area contributed by atoms with Crippen LogP contribution in [0.4, 0.5) is 11.4 Å². The maximum atomic E-state index is 13.4. The lowest BCUT2D eigenvalue weighted by Gasteiger charge is -2.20. The second-order valence-electron chi connectivity index (χ2n) is 7.82. The molecule has 0 unspecified atom stereocenters. The molecule has 0 spiro atoms. The Morgan fingerprint density at radius 1 is 1.06 bits per heavy atom. The standard InChI is InChI=1S/C25H22N4O4S/c1-33-24-10-9-20(34(31,32)29-14-12-17-5-2-3-8-23(17)29)16-21(24)25(30)27-19-7-4-6-18(15-19)22-11-13-26-28-22/h2-11,13,15-16H,12,14H2,1H3,(H,26,28)(H,27,30). The first-order chi connectivity index (χ1) is 16.5. The van der Waals surface area contributed by atoms with E-state index in [1.54, 1.807) is 24.4 Å². The Morgan fingerprint density at radius 2 is 1.91 bits per heavy atom. The summed E-state index contributed by atoms with van der Waals surface area (Å²) >= 11 is 0. The molecular weight excluding hydrogens is 452 g/mol. The van der Waals surface area contributed by atoms with Crippen molar-refractivity contribution in [2.45, 2.75) is 11.3 Å². The van der Waals surface area contributed by atoms with Gasteiger partial charge in [-0.2, -0.15) is 5.10 Å². The van der Waals surface area contributed by atoms with E-state index in [9.17, 15) is 13.2 Å². The summed E-state index contributed by atoms with van der Waals surface area (Å²) in [5.41, 5.74) is 4.00. The Labute approximate surface area is 197 Å². The highest BCUT2D eigenvalue weighted by Crippen LogP contribution is 2.34. The zero-order valence-corrected chi connectivity index (χ0v) is 19.2. The van der Waals surface area contributed by atoms with Gasteiger partial charge in [0.05, 0.1) is 29.0 Å². The van der Waals surface area contributed by atoms with Gasteiger partial charge in [0, 0.05) is 24.0 Å². The largest absolute Gasteiger partial charge is 0.496 e. The van der Waals surface area contributed by atoms with Crippen molar-refractivity contribution in [3.8, 4) is 17.0 Å². The third-order valence-electron chi connectivity index (χ3n) is 5.78. The number of nitrogens with one attached hydrogen (secondary N) is 2.